The molecule has 30 heavy (non-hydrogen) atoms. The van der Waals surface area contributed by atoms with Crippen LogP contribution in [-0.4, -0.2) is 24.4 Å². The number of para-hydroxylation sites is 1. The summed E-state index contributed by atoms with van der Waals surface area (Å²) in [6.07, 6.45) is 0.505. The molecule has 0 spiro atoms. The maximum atomic E-state index is 6.44. The zero-order valence-corrected chi connectivity index (χ0v) is 17.1. The Morgan fingerprint density at radius 1 is 1.00 bits per heavy atom. The summed E-state index contributed by atoms with van der Waals surface area (Å²) in [5.74, 6) is 2.33. The summed E-state index contributed by atoms with van der Waals surface area (Å²) in [5, 5.41) is 7.09. The van der Waals surface area contributed by atoms with Gasteiger partial charge in [0.1, 0.15) is 5.75 Å². The lowest BCUT2D eigenvalue weighted by atomic mass is 9.96. The highest BCUT2D eigenvalue weighted by Crippen LogP contribution is 2.48. The van der Waals surface area contributed by atoms with Crippen LogP contribution in [0.3, 0.4) is 0 Å². The summed E-state index contributed by atoms with van der Waals surface area (Å²) < 4.78 is 17.7. The van der Waals surface area contributed by atoms with Crippen molar-refractivity contribution in [1.29, 1.82) is 0 Å². The SMILES string of the molecule is CCOc1ccc([C@@H]2Oc3ccccc3[C@@H]3CC(c4ccccc4)=NN32)cc1OC. The summed E-state index contributed by atoms with van der Waals surface area (Å²) >= 11 is 0. The summed E-state index contributed by atoms with van der Waals surface area (Å²) in [6.45, 7) is 2.55. The minimum atomic E-state index is -0.337. The molecule has 2 heterocycles. The number of hydrogen-bond acceptors (Lipinski definition) is 5. The van der Waals surface area contributed by atoms with Gasteiger partial charge >= 0.3 is 0 Å². The predicted octanol–water partition coefficient (Wildman–Crippen LogP) is 5.34. The van der Waals surface area contributed by atoms with E-state index in [9.17, 15) is 0 Å². The molecule has 5 nitrogen and oxygen atoms in total. The van der Waals surface area contributed by atoms with Gasteiger partial charge < -0.3 is 14.2 Å². The summed E-state index contributed by atoms with van der Waals surface area (Å²) in [4.78, 5) is 0. The standard InChI is InChI=1S/C25H24N2O3/c1-3-29-23-14-13-18(15-24(23)28-2)25-27-21(19-11-7-8-12-22(19)30-25)16-20(26-27)17-9-5-4-6-10-17/h4-15,21,25H,3,16H2,1-2H3/t21-,25-/m0/s1. The molecule has 0 unspecified atom stereocenters. The highest BCUT2D eigenvalue weighted by Gasteiger charge is 2.41. The van der Waals surface area contributed by atoms with Crippen LogP contribution in [0.1, 0.15) is 42.3 Å². The number of methoxy groups -OCH3 is 1. The van der Waals surface area contributed by atoms with Crippen LogP contribution < -0.4 is 14.2 Å². The third-order valence-corrected chi connectivity index (χ3v) is 5.58. The third-order valence-electron chi connectivity index (χ3n) is 5.58. The quantitative estimate of drug-likeness (QED) is 0.580. The maximum absolute atomic E-state index is 6.44. The molecule has 3 aromatic rings. The molecule has 0 fully saturated rings. The van der Waals surface area contributed by atoms with Gasteiger partial charge in [0.15, 0.2) is 11.5 Å². The first-order valence-electron chi connectivity index (χ1n) is 10.3. The van der Waals surface area contributed by atoms with Crippen LogP contribution in [0.2, 0.25) is 0 Å². The van der Waals surface area contributed by atoms with Crippen molar-refractivity contribution >= 4 is 5.71 Å². The van der Waals surface area contributed by atoms with Crippen LogP contribution in [-0.2, 0) is 0 Å². The van der Waals surface area contributed by atoms with Gasteiger partial charge in [-0.3, -0.25) is 0 Å². The first kappa shape index (κ1) is 18.6. The normalized spacial score (nSPS) is 19.4. The molecule has 0 N–H and O–H groups in total. The monoisotopic (exact) mass is 400 g/mol. The predicted molar refractivity (Wildman–Crippen MR) is 116 cm³/mol. The smallest absolute Gasteiger partial charge is 0.214 e. The number of hydrogen-bond donors (Lipinski definition) is 0. The third kappa shape index (κ3) is 3.16. The minimum absolute atomic E-state index is 0.132. The fraction of sp³-hybridized carbons (Fsp3) is 0.240. The van der Waals surface area contributed by atoms with Gasteiger partial charge in [-0.25, -0.2) is 5.01 Å². The molecule has 2 aliphatic heterocycles. The van der Waals surface area contributed by atoms with Gasteiger partial charge in [-0.2, -0.15) is 5.10 Å². The van der Waals surface area contributed by atoms with E-state index in [-0.39, 0.29) is 12.3 Å². The van der Waals surface area contributed by atoms with Gasteiger partial charge in [-0.15, -0.1) is 0 Å². The van der Waals surface area contributed by atoms with E-state index in [0.29, 0.717) is 12.4 Å². The van der Waals surface area contributed by atoms with E-state index < -0.39 is 0 Å². The second-order valence-corrected chi connectivity index (χ2v) is 7.36. The molecule has 0 aromatic heterocycles. The number of fused-ring (bicyclic) bond motifs is 3. The molecule has 3 aromatic carbocycles. The van der Waals surface area contributed by atoms with E-state index in [0.717, 1.165) is 34.8 Å². The Bertz CT molecular complexity index is 1080. The average molecular weight is 400 g/mol. The zero-order chi connectivity index (χ0) is 20.5. The van der Waals surface area contributed by atoms with E-state index in [1.54, 1.807) is 7.11 Å². The van der Waals surface area contributed by atoms with E-state index in [1.165, 1.54) is 5.56 Å². The fourth-order valence-corrected chi connectivity index (χ4v) is 4.17. The van der Waals surface area contributed by atoms with E-state index in [1.807, 2.05) is 43.3 Å². The molecular formula is C25H24N2O3. The summed E-state index contributed by atoms with van der Waals surface area (Å²) in [7, 11) is 1.66. The minimum Gasteiger partial charge on any atom is -0.493 e. The topological polar surface area (TPSA) is 43.3 Å². The Hall–Kier alpha value is -3.47. The molecule has 0 saturated carbocycles. The second-order valence-electron chi connectivity index (χ2n) is 7.36. The number of rotatable bonds is 5. The lowest BCUT2D eigenvalue weighted by Gasteiger charge is -2.38. The molecule has 0 amide bonds. The number of hydrazone groups is 1. The second kappa shape index (κ2) is 7.75. The van der Waals surface area contributed by atoms with Crippen LogP contribution in [0.5, 0.6) is 17.2 Å². The molecule has 0 bridgehead atoms. The van der Waals surface area contributed by atoms with Gasteiger partial charge in [-0.05, 0) is 36.8 Å². The van der Waals surface area contributed by atoms with Crippen molar-refractivity contribution in [1.82, 2.24) is 5.01 Å². The molecule has 2 atom stereocenters. The van der Waals surface area contributed by atoms with Crippen molar-refractivity contribution < 1.29 is 14.2 Å². The van der Waals surface area contributed by atoms with E-state index in [4.69, 9.17) is 19.3 Å². The molecule has 152 valence electrons. The molecule has 5 heteroatoms. The Morgan fingerprint density at radius 2 is 1.80 bits per heavy atom. The van der Waals surface area contributed by atoms with Crippen molar-refractivity contribution in [2.45, 2.75) is 25.6 Å². The Balaban J connectivity index is 1.57. The van der Waals surface area contributed by atoms with Gasteiger partial charge in [0.2, 0.25) is 6.23 Å². The number of ether oxygens (including phenoxy) is 3. The molecular weight excluding hydrogens is 376 g/mol. The van der Waals surface area contributed by atoms with Crippen molar-refractivity contribution in [3.63, 3.8) is 0 Å². The zero-order valence-electron chi connectivity index (χ0n) is 17.1. The summed E-state index contributed by atoms with van der Waals surface area (Å²) in [6, 6.07) is 24.7. The van der Waals surface area contributed by atoms with Crippen molar-refractivity contribution in [3.05, 3.63) is 89.5 Å². The first-order valence-corrected chi connectivity index (χ1v) is 10.3. The van der Waals surface area contributed by atoms with Crippen molar-refractivity contribution in [2.75, 3.05) is 13.7 Å². The maximum Gasteiger partial charge on any atom is 0.214 e. The molecule has 5 rings (SSSR count). The number of benzene rings is 3. The molecule has 0 radical (unpaired) electrons. The molecule has 0 saturated heterocycles. The van der Waals surface area contributed by atoms with Crippen LogP contribution >= 0.6 is 0 Å². The van der Waals surface area contributed by atoms with Gasteiger partial charge in [0.25, 0.3) is 0 Å². The first-order chi connectivity index (χ1) is 14.8. The number of nitrogens with zero attached hydrogens (tertiary/aromatic N) is 2. The fourth-order valence-electron chi connectivity index (χ4n) is 4.17. The lowest BCUT2D eigenvalue weighted by Crippen LogP contribution is -2.33. The van der Waals surface area contributed by atoms with Gasteiger partial charge in [0.05, 0.1) is 25.5 Å². The largest absolute Gasteiger partial charge is 0.493 e. The Kier molecular flexibility index (Phi) is 4.79. The highest BCUT2D eigenvalue weighted by molar-refractivity contribution is 6.01. The van der Waals surface area contributed by atoms with Crippen LogP contribution in [0.4, 0.5) is 0 Å². The van der Waals surface area contributed by atoms with Gasteiger partial charge in [-0.1, -0.05) is 48.5 Å². The van der Waals surface area contributed by atoms with Crippen LogP contribution in [0.25, 0.3) is 0 Å². The summed E-state index contributed by atoms with van der Waals surface area (Å²) in [5.41, 5.74) is 4.37. The highest BCUT2D eigenvalue weighted by atomic mass is 16.5. The van der Waals surface area contributed by atoms with Crippen LogP contribution in [0, 0.1) is 0 Å². The van der Waals surface area contributed by atoms with Gasteiger partial charge in [0, 0.05) is 17.5 Å². The van der Waals surface area contributed by atoms with E-state index >= 15 is 0 Å². The van der Waals surface area contributed by atoms with Crippen molar-refractivity contribution in [2.24, 2.45) is 5.10 Å². The van der Waals surface area contributed by atoms with Crippen LogP contribution in [0.15, 0.2) is 77.9 Å². The van der Waals surface area contributed by atoms with E-state index in [2.05, 4.69) is 41.4 Å². The molecule has 2 aliphatic rings. The molecule has 0 aliphatic carbocycles. The Labute approximate surface area is 176 Å². The average Bonchev–Trinajstić information content (AvgIpc) is 3.25. The Morgan fingerprint density at radius 3 is 2.60 bits per heavy atom. The van der Waals surface area contributed by atoms with Crippen molar-refractivity contribution in [3.8, 4) is 17.2 Å². The lowest BCUT2D eigenvalue weighted by molar-refractivity contribution is -0.0191.